The number of hydrogen-bond acceptors (Lipinski definition) is 4. The van der Waals surface area contributed by atoms with Gasteiger partial charge < -0.3 is 0 Å². The van der Waals surface area contributed by atoms with Crippen molar-refractivity contribution in [1.82, 2.24) is 0 Å². The molecular weight excluding hydrogens is 428 g/mol. The first-order valence-corrected chi connectivity index (χ1v) is 11.4. The monoisotopic (exact) mass is 448 g/mol. The minimum absolute atomic E-state index is 0.921. The van der Waals surface area contributed by atoms with Gasteiger partial charge in [0.2, 0.25) is 0 Å². The molecule has 0 saturated carbocycles. The predicted octanol–water partition coefficient (Wildman–Crippen LogP) is 2.29. The van der Waals surface area contributed by atoms with E-state index in [1.54, 1.807) is 0 Å². The molecule has 32 heavy (non-hydrogen) atoms. The maximum absolute atomic E-state index is 8.49. The number of fused-ring (bicyclic) bond motifs is 3. The molecule has 1 aliphatic carbocycles. The SMILES string of the molecule is [O-][Cl+3]([O-])([O-])[O-].c1ccc(-c2cc(-c3ccccc3)c3c([o+]2)-c2ccccc2CCC3)cc1. The highest BCUT2D eigenvalue weighted by molar-refractivity contribution is 5.80. The smallest absolute Gasteiger partial charge is 0.222 e. The van der Waals surface area contributed by atoms with E-state index in [0.29, 0.717) is 0 Å². The fourth-order valence-corrected chi connectivity index (χ4v) is 4.04. The van der Waals surface area contributed by atoms with Crippen LogP contribution >= 0.6 is 0 Å². The summed E-state index contributed by atoms with van der Waals surface area (Å²) in [5.74, 6) is 1.95. The van der Waals surface area contributed by atoms with E-state index >= 15 is 0 Å². The van der Waals surface area contributed by atoms with Crippen LogP contribution in [0.4, 0.5) is 0 Å². The van der Waals surface area contributed by atoms with Gasteiger partial charge in [-0.3, -0.25) is 0 Å². The van der Waals surface area contributed by atoms with E-state index in [-0.39, 0.29) is 0 Å². The van der Waals surface area contributed by atoms with Crippen LogP contribution in [-0.2, 0) is 12.8 Å². The molecule has 6 heteroatoms. The Morgan fingerprint density at radius 1 is 0.625 bits per heavy atom. The number of benzene rings is 3. The Bertz CT molecular complexity index is 1180. The number of halogens is 1. The van der Waals surface area contributed by atoms with Crippen molar-refractivity contribution in [2.45, 2.75) is 19.3 Å². The third kappa shape index (κ3) is 5.40. The second-order valence-electron chi connectivity index (χ2n) is 7.45. The fourth-order valence-electron chi connectivity index (χ4n) is 4.04. The molecule has 0 spiro atoms. The van der Waals surface area contributed by atoms with Crippen LogP contribution in [-0.4, -0.2) is 0 Å². The van der Waals surface area contributed by atoms with Crippen LogP contribution in [0.25, 0.3) is 33.8 Å². The summed E-state index contributed by atoms with van der Waals surface area (Å²) in [5.41, 5.74) is 7.59. The first kappa shape index (κ1) is 22.1. The van der Waals surface area contributed by atoms with E-state index in [2.05, 4.69) is 84.9 Å². The van der Waals surface area contributed by atoms with Crippen molar-refractivity contribution in [2.75, 3.05) is 0 Å². The van der Waals surface area contributed by atoms with Crippen molar-refractivity contribution in [3.63, 3.8) is 0 Å². The van der Waals surface area contributed by atoms with E-state index in [4.69, 9.17) is 23.1 Å². The maximum Gasteiger partial charge on any atom is 0.364 e. The summed E-state index contributed by atoms with van der Waals surface area (Å²) < 4.78 is 40.5. The molecule has 0 bridgehead atoms. The molecule has 1 aliphatic rings. The van der Waals surface area contributed by atoms with Crippen LogP contribution in [0.2, 0.25) is 0 Å². The lowest BCUT2D eigenvalue weighted by atomic mass is 9.94. The summed E-state index contributed by atoms with van der Waals surface area (Å²) in [6.07, 6.45) is 3.27. The number of hydrogen-bond donors (Lipinski definition) is 0. The van der Waals surface area contributed by atoms with Crippen LogP contribution in [0.1, 0.15) is 17.5 Å². The lowest BCUT2D eigenvalue weighted by Gasteiger charge is -2.17. The topological polar surface area (TPSA) is 104 Å². The summed E-state index contributed by atoms with van der Waals surface area (Å²) in [4.78, 5) is 0. The van der Waals surface area contributed by atoms with E-state index in [9.17, 15) is 0 Å². The Kier molecular flexibility index (Phi) is 6.65. The first-order chi connectivity index (χ1) is 15.4. The molecule has 0 aliphatic heterocycles. The van der Waals surface area contributed by atoms with Crippen molar-refractivity contribution < 1.29 is 33.3 Å². The van der Waals surface area contributed by atoms with E-state index in [1.165, 1.54) is 27.8 Å². The van der Waals surface area contributed by atoms with Crippen molar-refractivity contribution >= 4 is 0 Å². The third-order valence-electron chi connectivity index (χ3n) is 5.36. The molecule has 0 radical (unpaired) electrons. The van der Waals surface area contributed by atoms with Gasteiger partial charge in [0, 0.05) is 5.56 Å². The number of aryl methyl sites for hydroxylation is 1. The molecule has 0 amide bonds. The van der Waals surface area contributed by atoms with Gasteiger partial charge in [-0.25, -0.2) is 23.1 Å². The molecule has 5 nitrogen and oxygen atoms in total. The zero-order chi connectivity index (χ0) is 22.6. The Balaban J connectivity index is 0.000000444. The predicted molar refractivity (Wildman–Crippen MR) is 111 cm³/mol. The summed E-state index contributed by atoms with van der Waals surface area (Å²) in [5, 5.41) is 0. The quantitative estimate of drug-likeness (QED) is 0.438. The molecule has 0 N–H and O–H groups in total. The second kappa shape index (κ2) is 9.61. The van der Waals surface area contributed by atoms with Crippen molar-refractivity contribution in [1.29, 1.82) is 0 Å². The van der Waals surface area contributed by atoms with Gasteiger partial charge in [-0.1, -0.05) is 66.7 Å². The van der Waals surface area contributed by atoms with Crippen LogP contribution in [0, 0.1) is 10.2 Å². The van der Waals surface area contributed by atoms with Crippen molar-refractivity contribution in [2.24, 2.45) is 0 Å². The molecule has 1 aromatic heterocycles. The molecule has 1 heterocycles. The minimum atomic E-state index is -4.94. The minimum Gasteiger partial charge on any atom is -0.222 e. The van der Waals surface area contributed by atoms with Crippen LogP contribution < -0.4 is 18.6 Å². The summed E-state index contributed by atoms with van der Waals surface area (Å²) in [6, 6.07) is 32.0. The van der Waals surface area contributed by atoms with Crippen molar-refractivity contribution in [3.05, 3.63) is 102 Å². The lowest BCUT2D eigenvalue weighted by molar-refractivity contribution is -2.00. The molecule has 5 rings (SSSR count). The van der Waals surface area contributed by atoms with E-state index < -0.39 is 10.2 Å². The molecule has 162 valence electrons. The molecule has 0 fully saturated rings. The zero-order valence-corrected chi connectivity index (χ0v) is 18.0. The van der Waals surface area contributed by atoms with Gasteiger partial charge in [0.15, 0.2) is 0 Å². The first-order valence-electron chi connectivity index (χ1n) is 10.2. The molecule has 4 aromatic rings. The van der Waals surface area contributed by atoms with Crippen LogP contribution in [0.15, 0.2) is 95.4 Å². The third-order valence-corrected chi connectivity index (χ3v) is 5.36. The molecule has 0 atom stereocenters. The lowest BCUT2D eigenvalue weighted by Crippen LogP contribution is -2.68. The van der Waals surface area contributed by atoms with Gasteiger partial charge in [0.1, 0.15) is 0 Å². The van der Waals surface area contributed by atoms with Crippen molar-refractivity contribution in [3.8, 4) is 33.8 Å². The van der Waals surface area contributed by atoms with Gasteiger partial charge in [-0.05, 0) is 48.6 Å². The van der Waals surface area contributed by atoms with Gasteiger partial charge >= 0.3 is 11.5 Å². The van der Waals surface area contributed by atoms with Gasteiger partial charge in [0.05, 0.1) is 22.8 Å². The Labute approximate surface area is 188 Å². The zero-order valence-electron chi connectivity index (χ0n) is 17.2. The average molecular weight is 449 g/mol. The standard InChI is InChI=1S/C26H21O.ClHO4/c1-3-10-20(11-4-1)24-18-25(21-13-5-2-6-14-21)27-26-22-16-8-7-12-19(22)15-9-17-23(24)26;2-1(3,4)5/h1-8,10-14,16,18H,9,15,17H2;(H,2,3,4,5)/q+1;/p-1. The van der Waals surface area contributed by atoms with Gasteiger partial charge in [0.25, 0.3) is 0 Å². The highest BCUT2D eigenvalue weighted by Gasteiger charge is 2.30. The maximum atomic E-state index is 8.49. The highest BCUT2D eigenvalue weighted by Crippen LogP contribution is 2.41. The normalized spacial score (nSPS) is 12.6. The summed E-state index contributed by atoms with van der Waals surface area (Å²) in [6.45, 7) is 0. The Morgan fingerprint density at radius 2 is 1.19 bits per heavy atom. The summed E-state index contributed by atoms with van der Waals surface area (Å²) >= 11 is 0. The Morgan fingerprint density at radius 3 is 1.84 bits per heavy atom. The highest BCUT2D eigenvalue weighted by atomic mass is 35.7. The summed E-state index contributed by atoms with van der Waals surface area (Å²) in [7, 11) is -4.94. The second-order valence-corrected chi connectivity index (χ2v) is 8.21. The van der Waals surface area contributed by atoms with Gasteiger partial charge in [-0.15, -0.1) is 10.2 Å². The number of rotatable bonds is 2. The van der Waals surface area contributed by atoms with E-state index in [0.717, 1.165) is 36.3 Å². The molecule has 0 saturated heterocycles. The Hall–Kier alpha value is -3.06. The molecular formula is C26H21ClO5. The largest absolute Gasteiger partial charge is 0.364 e. The average Bonchev–Trinajstić information content (AvgIpc) is 2.98. The van der Waals surface area contributed by atoms with E-state index in [1.807, 2.05) is 6.07 Å². The van der Waals surface area contributed by atoms with Gasteiger partial charge in [-0.2, -0.15) is 0 Å². The molecule has 3 aromatic carbocycles. The van der Waals surface area contributed by atoms with Crippen LogP contribution in [0.5, 0.6) is 0 Å². The van der Waals surface area contributed by atoms with Crippen LogP contribution in [0.3, 0.4) is 0 Å². The fraction of sp³-hybridized carbons (Fsp3) is 0.115. The molecule has 0 unspecified atom stereocenters.